The summed E-state index contributed by atoms with van der Waals surface area (Å²) < 4.78 is 13.2. The lowest BCUT2D eigenvalue weighted by molar-refractivity contribution is 0.327. The zero-order valence-corrected chi connectivity index (χ0v) is 15.3. The van der Waals surface area contributed by atoms with Crippen LogP contribution in [0.4, 0.5) is 0 Å². The van der Waals surface area contributed by atoms with Crippen LogP contribution in [0.3, 0.4) is 0 Å². The molecule has 0 saturated carbocycles. The summed E-state index contributed by atoms with van der Waals surface area (Å²) in [5.41, 5.74) is 8.38. The van der Waals surface area contributed by atoms with Gasteiger partial charge in [0.15, 0.2) is 0 Å². The molecule has 2 heterocycles. The smallest absolute Gasteiger partial charge is 0.217 e. The van der Waals surface area contributed by atoms with E-state index in [-0.39, 0.29) is 0 Å². The van der Waals surface area contributed by atoms with Gasteiger partial charge in [0.2, 0.25) is 5.88 Å². The van der Waals surface area contributed by atoms with E-state index in [9.17, 15) is 5.26 Å². The number of aryl methyl sites for hydroxylation is 2. The van der Waals surface area contributed by atoms with Crippen LogP contribution in [-0.4, -0.2) is 27.9 Å². The Hall–Kier alpha value is -3.37. The Bertz CT molecular complexity index is 957. The lowest BCUT2D eigenvalue weighted by atomic mass is 10.1. The molecule has 0 atom stereocenters. The molecule has 0 aliphatic heterocycles. The molecule has 0 unspecified atom stereocenters. The van der Waals surface area contributed by atoms with Gasteiger partial charge in [-0.1, -0.05) is 6.92 Å². The number of benzene rings is 1. The van der Waals surface area contributed by atoms with Gasteiger partial charge in [-0.2, -0.15) is 10.4 Å². The highest BCUT2D eigenvalue weighted by molar-refractivity contribution is 5.69. The number of ether oxygens (including phenoxy) is 2. The van der Waals surface area contributed by atoms with E-state index in [1.807, 2.05) is 38.2 Å². The van der Waals surface area contributed by atoms with Crippen LogP contribution in [0.15, 0.2) is 42.6 Å². The van der Waals surface area contributed by atoms with Crippen molar-refractivity contribution in [3.63, 3.8) is 0 Å². The molecule has 0 bridgehead atoms. The summed E-state index contributed by atoms with van der Waals surface area (Å²) in [6, 6.07) is 13.0. The summed E-state index contributed by atoms with van der Waals surface area (Å²) >= 11 is 0. The van der Waals surface area contributed by atoms with Crippen molar-refractivity contribution in [1.29, 1.82) is 5.26 Å². The summed E-state index contributed by atoms with van der Waals surface area (Å²) in [6.45, 7) is 2.92. The van der Waals surface area contributed by atoms with Crippen molar-refractivity contribution in [2.45, 2.75) is 13.3 Å². The number of pyridine rings is 1. The fourth-order valence-corrected chi connectivity index (χ4v) is 2.58. The monoisotopic (exact) mass is 363 g/mol. The second-order valence-corrected chi connectivity index (χ2v) is 5.89. The van der Waals surface area contributed by atoms with Crippen LogP contribution in [0.5, 0.6) is 17.4 Å². The number of hydrogen-bond donors (Lipinski definition) is 1. The third-order valence-corrected chi connectivity index (χ3v) is 3.97. The number of nitriles is 1. The fourth-order valence-electron chi connectivity index (χ4n) is 2.58. The van der Waals surface area contributed by atoms with Gasteiger partial charge in [0.05, 0.1) is 29.2 Å². The predicted molar refractivity (Wildman–Crippen MR) is 102 cm³/mol. The molecule has 0 fully saturated rings. The van der Waals surface area contributed by atoms with E-state index in [2.05, 4.69) is 16.2 Å². The third-order valence-electron chi connectivity index (χ3n) is 3.97. The number of rotatable bonds is 7. The Morgan fingerprint density at radius 2 is 2.07 bits per heavy atom. The molecule has 138 valence electrons. The van der Waals surface area contributed by atoms with Crippen LogP contribution in [-0.2, 0) is 13.5 Å². The molecule has 0 saturated heterocycles. The zero-order chi connectivity index (χ0) is 19.2. The fraction of sp³-hybridized carbons (Fsp3) is 0.250. The van der Waals surface area contributed by atoms with Crippen LogP contribution in [0.25, 0.3) is 11.3 Å². The maximum Gasteiger partial charge on any atom is 0.217 e. The molecular weight excluding hydrogens is 342 g/mol. The summed E-state index contributed by atoms with van der Waals surface area (Å²) in [6.07, 6.45) is 2.46. The Balaban J connectivity index is 1.95. The summed E-state index contributed by atoms with van der Waals surface area (Å²) in [5, 5.41) is 13.6. The largest absolute Gasteiger partial charge is 0.491 e. The van der Waals surface area contributed by atoms with Crippen molar-refractivity contribution in [2.24, 2.45) is 12.8 Å². The molecule has 2 aromatic heterocycles. The SMILES string of the molecule is CCc1cc(Oc2cc(C#N)ccc2-c2ccc(OCCN)cn2)n(C)n1. The average molecular weight is 363 g/mol. The van der Waals surface area contributed by atoms with E-state index in [4.69, 9.17) is 15.2 Å². The van der Waals surface area contributed by atoms with Crippen LogP contribution >= 0.6 is 0 Å². The second-order valence-electron chi connectivity index (χ2n) is 5.89. The van der Waals surface area contributed by atoms with Gasteiger partial charge in [-0.3, -0.25) is 4.98 Å². The van der Waals surface area contributed by atoms with Crippen molar-refractivity contribution in [2.75, 3.05) is 13.2 Å². The Morgan fingerprint density at radius 3 is 2.70 bits per heavy atom. The van der Waals surface area contributed by atoms with Gasteiger partial charge in [-0.15, -0.1) is 0 Å². The lowest BCUT2D eigenvalue weighted by Gasteiger charge is -2.12. The Morgan fingerprint density at radius 1 is 1.22 bits per heavy atom. The molecule has 2 N–H and O–H groups in total. The predicted octanol–water partition coefficient (Wildman–Crippen LogP) is 3.05. The summed E-state index contributed by atoms with van der Waals surface area (Å²) in [5.74, 6) is 1.80. The van der Waals surface area contributed by atoms with Gasteiger partial charge < -0.3 is 15.2 Å². The standard InChI is InChI=1S/C20H21N5O2/c1-3-15-11-20(25(2)24-15)27-19-10-14(12-22)4-6-17(19)18-7-5-16(13-23-18)26-9-8-21/h4-7,10-11,13H,3,8-9,21H2,1-2H3. The van der Waals surface area contributed by atoms with Gasteiger partial charge in [-0.25, -0.2) is 4.68 Å². The molecule has 0 spiro atoms. The first-order valence-corrected chi connectivity index (χ1v) is 8.68. The van der Waals surface area contributed by atoms with E-state index in [1.165, 1.54) is 0 Å². The molecule has 0 radical (unpaired) electrons. The highest BCUT2D eigenvalue weighted by Gasteiger charge is 2.13. The zero-order valence-electron chi connectivity index (χ0n) is 15.3. The Kier molecular flexibility index (Phi) is 5.69. The van der Waals surface area contributed by atoms with E-state index < -0.39 is 0 Å². The van der Waals surface area contributed by atoms with Crippen molar-refractivity contribution >= 4 is 0 Å². The van der Waals surface area contributed by atoms with Gasteiger partial charge in [0.25, 0.3) is 0 Å². The van der Waals surface area contributed by atoms with E-state index in [1.54, 1.807) is 23.0 Å². The van der Waals surface area contributed by atoms with Crippen LogP contribution in [0.2, 0.25) is 0 Å². The molecule has 0 aliphatic rings. The molecule has 7 heteroatoms. The van der Waals surface area contributed by atoms with Gasteiger partial charge in [-0.05, 0) is 36.8 Å². The minimum Gasteiger partial charge on any atom is -0.491 e. The first-order chi connectivity index (χ1) is 13.1. The van der Waals surface area contributed by atoms with Crippen molar-refractivity contribution in [1.82, 2.24) is 14.8 Å². The summed E-state index contributed by atoms with van der Waals surface area (Å²) in [4.78, 5) is 4.45. The third kappa shape index (κ3) is 4.25. The maximum absolute atomic E-state index is 9.24. The molecule has 1 aromatic carbocycles. The topological polar surface area (TPSA) is 99.0 Å². The molecule has 0 amide bonds. The van der Waals surface area contributed by atoms with Gasteiger partial charge >= 0.3 is 0 Å². The Labute approximate surface area is 158 Å². The molecular formula is C20H21N5O2. The first kappa shape index (κ1) is 18.4. The number of aromatic nitrogens is 3. The normalized spacial score (nSPS) is 10.4. The highest BCUT2D eigenvalue weighted by atomic mass is 16.5. The second kappa shape index (κ2) is 8.34. The maximum atomic E-state index is 9.24. The van der Waals surface area contributed by atoms with E-state index >= 15 is 0 Å². The van der Waals surface area contributed by atoms with Crippen molar-refractivity contribution in [3.05, 3.63) is 53.9 Å². The van der Waals surface area contributed by atoms with Gasteiger partial charge in [0.1, 0.15) is 18.1 Å². The molecule has 3 rings (SSSR count). The summed E-state index contributed by atoms with van der Waals surface area (Å²) in [7, 11) is 1.82. The quantitative estimate of drug-likeness (QED) is 0.693. The number of hydrogen-bond acceptors (Lipinski definition) is 6. The van der Waals surface area contributed by atoms with E-state index in [0.717, 1.165) is 17.7 Å². The van der Waals surface area contributed by atoms with Crippen molar-refractivity contribution in [3.8, 4) is 34.7 Å². The molecule has 0 aliphatic carbocycles. The van der Waals surface area contributed by atoms with Crippen LogP contribution in [0, 0.1) is 11.3 Å². The van der Waals surface area contributed by atoms with Crippen molar-refractivity contribution < 1.29 is 9.47 Å². The molecule has 27 heavy (non-hydrogen) atoms. The highest BCUT2D eigenvalue weighted by Crippen LogP contribution is 2.34. The lowest BCUT2D eigenvalue weighted by Crippen LogP contribution is -2.10. The minimum absolute atomic E-state index is 0.437. The van der Waals surface area contributed by atoms with Gasteiger partial charge in [0, 0.05) is 25.2 Å². The van der Waals surface area contributed by atoms with Crippen LogP contribution in [0.1, 0.15) is 18.2 Å². The first-order valence-electron chi connectivity index (χ1n) is 8.68. The van der Waals surface area contributed by atoms with Crippen LogP contribution < -0.4 is 15.2 Å². The average Bonchev–Trinajstić information content (AvgIpc) is 3.06. The number of nitrogens with two attached hydrogens (primary N) is 1. The molecule has 7 nitrogen and oxygen atoms in total. The molecule has 3 aromatic rings. The minimum atomic E-state index is 0.437. The number of nitrogens with zero attached hydrogens (tertiary/aromatic N) is 4. The van der Waals surface area contributed by atoms with E-state index in [0.29, 0.717) is 41.8 Å².